The maximum atomic E-state index is 12.8. The number of halogens is 1. The van der Waals surface area contributed by atoms with E-state index in [0.29, 0.717) is 23.0 Å². The molecule has 2 atom stereocenters. The van der Waals surface area contributed by atoms with Crippen LogP contribution in [-0.2, 0) is 4.79 Å². The summed E-state index contributed by atoms with van der Waals surface area (Å²) >= 11 is 6.44. The zero-order valence-corrected chi connectivity index (χ0v) is 17.9. The van der Waals surface area contributed by atoms with Crippen LogP contribution in [0.5, 0.6) is 0 Å². The molecule has 156 valence electrons. The van der Waals surface area contributed by atoms with E-state index in [2.05, 4.69) is 20.9 Å². The Hall–Kier alpha value is -1.85. The highest BCUT2D eigenvalue weighted by molar-refractivity contribution is 6.35. The highest BCUT2D eigenvalue weighted by Gasteiger charge is 2.32. The Balaban J connectivity index is 1.45. The first kappa shape index (κ1) is 20.4. The average molecular weight is 415 g/mol. The summed E-state index contributed by atoms with van der Waals surface area (Å²) in [6.45, 7) is 1.67. The molecule has 2 aromatic rings. The van der Waals surface area contributed by atoms with Crippen molar-refractivity contribution in [1.82, 2.24) is 10.3 Å². The van der Waals surface area contributed by atoms with E-state index in [-0.39, 0.29) is 5.91 Å². The molecule has 1 aromatic carbocycles. The number of amides is 1. The van der Waals surface area contributed by atoms with Gasteiger partial charge >= 0.3 is 0 Å². The van der Waals surface area contributed by atoms with Gasteiger partial charge in [0, 0.05) is 24.9 Å². The molecule has 1 amide bonds. The van der Waals surface area contributed by atoms with Crippen LogP contribution in [0.15, 0.2) is 24.3 Å². The van der Waals surface area contributed by atoms with E-state index in [0.717, 1.165) is 41.6 Å². The molecular formula is C23H31ClN4O. The Morgan fingerprint density at radius 1 is 1.10 bits per heavy atom. The third kappa shape index (κ3) is 5.01. The van der Waals surface area contributed by atoms with Crippen LogP contribution in [-0.4, -0.2) is 31.0 Å². The average Bonchev–Trinajstić information content (AvgIpc) is 2.70. The van der Waals surface area contributed by atoms with Gasteiger partial charge in [-0.05, 0) is 68.3 Å². The molecule has 2 unspecified atom stereocenters. The lowest BCUT2D eigenvalue weighted by Crippen LogP contribution is -2.29. The Bertz CT molecular complexity index is 859. The molecule has 0 aliphatic heterocycles. The lowest BCUT2D eigenvalue weighted by molar-refractivity contribution is -0.117. The van der Waals surface area contributed by atoms with E-state index >= 15 is 0 Å². The number of rotatable bonds is 7. The molecule has 2 aliphatic rings. The third-order valence-corrected chi connectivity index (χ3v) is 6.78. The molecule has 0 radical (unpaired) electrons. The van der Waals surface area contributed by atoms with Crippen molar-refractivity contribution in [3.63, 3.8) is 0 Å². The first-order chi connectivity index (χ1) is 14.1. The van der Waals surface area contributed by atoms with Gasteiger partial charge in [-0.15, -0.1) is 0 Å². The number of carbonyl (C=O) groups excluding carboxylic acids is 1. The Morgan fingerprint density at radius 2 is 1.90 bits per heavy atom. The number of likely N-dealkylation sites (N-methyl/N-ethyl adjacent to an activating group) is 1. The summed E-state index contributed by atoms with van der Waals surface area (Å²) < 4.78 is 0. The van der Waals surface area contributed by atoms with E-state index in [1.807, 2.05) is 31.3 Å². The van der Waals surface area contributed by atoms with Crippen LogP contribution in [0.2, 0.25) is 5.02 Å². The highest BCUT2D eigenvalue weighted by Crippen LogP contribution is 2.43. The van der Waals surface area contributed by atoms with Crippen molar-refractivity contribution in [2.45, 2.75) is 44.9 Å². The van der Waals surface area contributed by atoms with Gasteiger partial charge in [0.25, 0.3) is 0 Å². The fourth-order valence-electron chi connectivity index (χ4n) is 5.21. The molecule has 0 spiro atoms. The largest absolute Gasteiger partial charge is 0.369 e. The number of pyridine rings is 1. The van der Waals surface area contributed by atoms with Crippen molar-refractivity contribution >= 4 is 39.9 Å². The maximum Gasteiger partial charge on any atom is 0.224 e. The second-order valence-electron chi connectivity index (χ2n) is 8.70. The number of benzene rings is 1. The van der Waals surface area contributed by atoms with Crippen LogP contribution in [0.25, 0.3) is 10.9 Å². The first-order valence-electron chi connectivity index (χ1n) is 10.9. The molecule has 2 fully saturated rings. The summed E-state index contributed by atoms with van der Waals surface area (Å²) in [5.74, 6) is 3.06. The zero-order chi connectivity index (χ0) is 20.2. The second kappa shape index (κ2) is 9.31. The van der Waals surface area contributed by atoms with Gasteiger partial charge < -0.3 is 16.0 Å². The Kier molecular flexibility index (Phi) is 6.56. The van der Waals surface area contributed by atoms with Crippen LogP contribution in [0.1, 0.15) is 44.9 Å². The number of hydrogen-bond donors (Lipinski definition) is 3. The molecule has 2 bridgehead atoms. The van der Waals surface area contributed by atoms with Crippen molar-refractivity contribution in [3.8, 4) is 0 Å². The smallest absolute Gasteiger partial charge is 0.224 e. The fraction of sp³-hybridized carbons (Fsp3) is 0.565. The van der Waals surface area contributed by atoms with Crippen LogP contribution >= 0.6 is 11.6 Å². The van der Waals surface area contributed by atoms with Crippen molar-refractivity contribution in [3.05, 3.63) is 29.3 Å². The van der Waals surface area contributed by atoms with Gasteiger partial charge in [0.2, 0.25) is 5.91 Å². The summed E-state index contributed by atoms with van der Waals surface area (Å²) in [5.41, 5.74) is 1.51. The number of nitrogens with one attached hydrogen (secondary N) is 3. The number of anilines is 2. The second-order valence-corrected chi connectivity index (χ2v) is 9.11. The minimum atomic E-state index is 0.0700. The molecule has 29 heavy (non-hydrogen) atoms. The first-order valence-corrected chi connectivity index (χ1v) is 11.3. The summed E-state index contributed by atoms with van der Waals surface area (Å²) in [7, 11) is 1.92. The molecule has 4 rings (SSSR count). The molecule has 1 heterocycles. The molecule has 2 saturated carbocycles. The topological polar surface area (TPSA) is 66.0 Å². The Labute approximate surface area is 178 Å². The minimum Gasteiger partial charge on any atom is -0.369 e. The van der Waals surface area contributed by atoms with Crippen molar-refractivity contribution < 1.29 is 4.79 Å². The summed E-state index contributed by atoms with van der Waals surface area (Å²) in [4.78, 5) is 17.5. The minimum absolute atomic E-state index is 0.0700. The van der Waals surface area contributed by atoms with Gasteiger partial charge in [0.15, 0.2) is 0 Å². The summed E-state index contributed by atoms with van der Waals surface area (Å²) in [6, 6.07) is 7.64. The number of aromatic nitrogens is 1. The zero-order valence-electron chi connectivity index (χ0n) is 17.1. The number of carbonyl (C=O) groups is 1. The van der Waals surface area contributed by atoms with Gasteiger partial charge in [-0.3, -0.25) is 4.79 Å². The van der Waals surface area contributed by atoms with Crippen molar-refractivity contribution in [2.24, 2.45) is 17.8 Å². The molecular weight excluding hydrogens is 384 g/mol. The lowest BCUT2D eigenvalue weighted by atomic mass is 9.67. The quantitative estimate of drug-likeness (QED) is 0.553. The normalized spacial score (nSPS) is 23.7. The highest BCUT2D eigenvalue weighted by atomic mass is 35.5. The van der Waals surface area contributed by atoms with E-state index in [4.69, 9.17) is 11.6 Å². The molecule has 0 saturated heterocycles. The number of hydrogen-bond acceptors (Lipinski definition) is 4. The molecule has 6 heteroatoms. The van der Waals surface area contributed by atoms with Crippen LogP contribution in [0.3, 0.4) is 0 Å². The van der Waals surface area contributed by atoms with Gasteiger partial charge in [-0.1, -0.05) is 30.9 Å². The molecule has 3 N–H and O–H groups in total. The van der Waals surface area contributed by atoms with E-state index < -0.39 is 0 Å². The van der Waals surface area contributed by atoms with Gasteiger partial charge in [-0.2, -0.15) is 0 Å². The van der Waals surface area contributed by atoms with E-state index in [1.54, 1.807) is 0 Å². The van der Waals surface area contributed by atoms with Crippen LogP contribution < -0.4 is 16.0 Å². The maximum absolute atomic E-state index is 12.8. The van der Waals surface area contributed by atoms with Crippen molar-refractivity contribution in [1.29, 1.82) is 0 Å². The molecule has 1 aromatic heterocycles. The SMILES string of the molecule is CNCCNc1ccc2c(NC(=O)CC3CC4CCCC(C4)C3)c(Cl)ccc2n1. The number of nitrogens with zero attached hydrogens (tertiary/aromatic N) is 1. The monoisotopic (exact) mass is 414 g/mol. The molecule has 2 aliphatic carbocycles. The van der Waals surface area contributed by atoms with E-state index in [1.165, 1.54) is 38.5 Å². The van der Waals surface area contributed by atoms with Crippen LogP contribution in [0, 0.1) is 17.8 Å². The third-order valence-electron chi connectivity index (χ3n) is 6.46. The predicted molar refractivity (Wildman–Crippen MR) is 121 cm³/mol. The van der Waals surface area contributed by atoms with Crippen LogP contribution in [0.4, 0.5) is 11.5 Å². The lowest BCUT2D eigenvalue weighted by Gasteiger charge is -2.38. The van der Waals surface area contributed by atoms with Gasteiger partial charge in [-0.25, -0.2) is 4.98 Å². The van der Waals surface area contributed by atoms with E-state index in [9.17, 15) is 4.79 Å². The molecule has 5 nitrogen and oxygen atoms in total. The standard InChI is InChI=1S/C23H31ClN4O/c1-25-9-10-26-21-8-5-18-20(27-21)7-6-19(24)23(18)28-22(29)14-17-12-15-3-2-4-16(11-15)13-17/h5-8,15-17,25H,2-4,9-14H2,1H3,(H,26,27)(H,28,29). The predicted octanol–water partition coefficient (Wildman–Crippen LogP) is 5.06. The van der Waals surface area contributed by atoms with Gasteiger partial charge in [0.05, 0.1) is 16.2 Å². The Morgan fingerprint density at radius 3 is 2.66 bits per heavy atom. The number of fused-ring (bicyclic) bond motifs is 3. The van der Waals surface area contributed by atoms with Crippen molar-refractivity contribution in [2.75, 3.05) is 30.8 Å². The summed E-state index contributed by atoms with van der Waals surface area (Å²) in [6.07, 6.45) is 8.45. The van der Waals surface area contributed by atoms with Gasteiger partial charge in [0.1, 0.15) is 5.82 Å². The fourth-order valence-corrected chi connectivity index (χ4v) is 5.42. The summed E-state index contributed by atoms with van der Waals surface area (Å²) in [5, 5.41) is 10.9.